The zero-order chi connectivity index (χ0) is 10.4. The Morgan fingerprint density at radius 2 is 1.53 bits per heavy atom. The Hall–Kier alpha value is -0.730. The molecule has 0 unspecified atom stereocenters. The van der Waals surface area contributed by atoms with Gasteiger partial charge in [0.2, 0.25) is 0 Å². The molecule has 0 heterocycles. The molecule has 0 atom stereocenters. The van der Waals surface area contributed by atoms with Crippen LogP contribution in [0.1, 0.15) is 35.1 Å². The van der Waals surface area contributed by atoms with E-state index in [2.05, 4.69) is 6.07 Å². The van der Waals surface area contributed by atoms with E-state index in [1.54, 1.807) is 0 Å². The van der Waals surface area contributed by atoms with Gasteiger partial charge in [0, 0.05) is 11.8 Å². The normalized spacial score (nSPS) is 17.7. The maximum Gasteiger partial charge on any atom is 0.0772 e. The third-order valence-electron chi connectivity index (χ3n) is 3.65. The molecule has 1 aromatic carbocycles. The molecule has 0 aromatic heterocycles. The number of hydrogen-bond acceptors (Lipinski definition) is 2. The van der Waals surface area contributed by atoms with Gasteiger partial charge in [-0.2, -0.15) is 0 Å². The number of anilines is 1. The van der Waals surface area contributed by atoms with Crippen LogP contribution in [0.4, 0.5) is 5.69 Å². The van der Waals surface area contributed by atoms with Crippen LogP contribution in [-0.2, 0) is 25.7 Å². The van der Waals surface area contributed by atoms with E-state index in [-0.39, 0.29) is 0 Å². The maximum absolute atomic E-state index is 5.98. The summed E-state index contributed by atoms with van der Waals surface area (Å²) < 4.78 is 1.31. The largest absolute Gasteiger partial charge is 0.232 e. The molecule has 2 nitrogen and oxygen atoms in total. The molecule has 2 aliphatic carbocycles. The zero-order valence-electron chi connectivity index (χ0n) is 8.72. The molecule has 0 fully saturated rings. The highest BCUT2D eigenvalue weighted by Gasteiger charge is 2.25. The minimum atomic E-state index is 1.11. The van der Waals surface area contributed by atoms with Crippen LogP contribution in [0.25, 0.3) is 0 Å². The monoisotopic (exact) mass is 222 g/mol. The summed E-state index contributed by atoms with van der Waals surface area (Å²) >= 11 is 5.98. The fourth-order valence-corrected chi connectivity index (χ4v) is 3.25. The quantitative estimate of drug-likeness (QED) is 0.450. The summed E-state index contributed by atoms with van der Waals surface area (Å²) in [5, 5.41) is 0. The Morgan fingerprint density at radius 3 is 2.00 bits per heavy atom. The second-order valence-corrected chi connectivity index (χ2v) is 4.88. The Kier molecular flexibility index (Phi) is 2.15. The van der Waals surface area contributed by atoms with Crippen LogP contribution in [-0.4, -0.2) is 0 Å². The Morgan fingerprint density at radius 1 is 1.00 bits per heavy atom. The van der Waals surface area contributed by atoms with E-state index >= 15 is 0 Å². The van der Waals surface area contributed by atoms with Crippen LogP contribution in [0.3, 0.4) is 0 Å². The number of hydrogen-bond donors (Lipinski definition) is 1. The van der Waals surface area contributed by atoms with E-state index < -0.39 is 0 Å². The number of aryl methyl sites for hydroxylation is 2. The van der Waals surface area contributed by atoms with Gasteiger partial charge < -0.3 is 0 Å². The highest BCUT2D eigenvalue weighted by molar-refractivity contribution is 6.25. The van der Waals surface area contributed by atoms with Crippen LogP contribution in [0.15, 0.2) is 6.07 Å². The average molecular weight is 223 g/mol. The summed E-state index contributed by atoms with van der Waals surface area (Å²) in [4.78, 5) is 0. The number of hydrazine groups is 1. The van der Waals surface area contributed by atoms with Gasteiger partial charge in [0.25, 0.3) is 0 Å². The maximum atomic E-state index is 5.98. The van der Waals surface area contributed by atoms with Crippen LogP contribution >= 0.6 is 11.8 Å². The van der Waals surface area contributed by atoms with Crippen molar-refractivity contribution in [3.05, 3.63) is 28.3 Å². The topological polar surface area (TPSA) is 29.3 Å². The summed E-state index contributed by atoms with van der Waals surface area (Å²) in [7, 11) is 0. The van der Waals surface area contributed by atoms with Crippen molar-refractivity contribution < 1.29 is 0 Å². The second kappa shape index (κ2) is 3.39. The fourth-order valence-electron chi connectivity index (χ4n) is 3.04. The predicted molar refractivity (Wildman–Crippen MR) is 63.0 cm³/mol. The van der Waals surface area contributed by atoms with Gasteiger partial charge in [0.05, 0.1) is 5.69 Å². The lowest BCUT2D eigenvalue weighted by atomic mass is 9.99. The molecule has 2 aliphatic rings. The van der Waals surface area contributed by atoms with Crippen molar-refractivity contribution in [3.63, 3.8) is 0 Å². The number of nitrogens with two attached hydrogens (primary N) is 1. The summed E-state index contributed by atoms with van der Waals surface area (Å²) in [5.74, 6) is 5.76. The van der Waals surface area contributed by atoms with E-state index in [9.17, 15) is 0 Å². The van der Waals surface area contributed by atoms with Gasteiger partial charge >= 0.3 is 0 Å². The van der Waals surface area contributed by atoms with E-state index in [1.165, 1.54) is 52.5 Å². The molecular weight excluding hydrogens is 208 g/mol. The van der Waals surface area contributed by atoms with Gasteiger partial charge in [-0.1, -0.05) is 6.07 Å². The summed E-state index contributed by atoms with van der Waals surface area (Å²) in [6.45, 7) is 0. The minimum Gasteiger partial charge on any atom is -0.232 e. The Labute approximate surface area is 95.1 Å². The zero-order valence-corrected chi connectivity index (χ0v) is 9.48. The number of fused-ring (bicyclic) bond motifs is 2. The Balaban J connectivity index is 2.25. The third-order valence-corrected chi connectivity index (χ3v) is 3.82. The molecule has 1 aromatic rings. The minimum absolute atomic E-state index is 1.11. The van der Waals surface area contributed by atoms with E-state index in [0.717, 1.165) is 18.5 Å². The SMILES string of the molecule is NN(Cl)c1c2c(cc3c1CCC3)CCC2. The third kappa shape index (κ3) is 1.35. The Bertz CT molecular complexity index is 380. The molecule has 0 amide bonds. The van der Waals surface area contributed by atoms with Gasteiger partial charge in [-0.3, -0.25) is 0 Å². The van der Waals surface area contributed by atoms with Gasteiger partial charge in [0.1, 0.15) is 0 Å². The van der Waals surface area contributed by atoms with E-state index in [0.29, 0.717) is 0 Å². The van der Waals surface area contributed by atoms with Crippen molar-refractivity contribution in [2.24, 2.45) is 5.84 Å². The number of benzene rings is 1. The summed E-state index contributed by atoms with van der Waals surface area (Å²) in [5.41, 5.74) is 6.85. The highest BCUT2D eigenvalue weighted by Crippen LogP contribution is 2.40. The average Bonchev–Trinajstić information content (AvgIpc) is 2.79. The summed E-state index contributed by atoms with van der Waals surface area (Å²) in [6.07, 6.45) is 7.16. The number of nitrogens with zero attached hydrogens (tertiary/aromatic N) is 1. The lowest BCUT2D eigenvalue weighted by Crippen LogP contribution is -2.21. The van der Waals surface area contributed by atoms with Gasteiger partial charge in [0.15, 0.2) is 0 Å². The van der Waals surface area contributed by atoms with Crippen molar-refractivity contribution >= 4 is 17.5 Å². The standard InChI is InChI=1S/C12H15ClN2/c13-15(14)12-10-5-1-3-8(10)7-9-4-2-6-11(9)12/h7H,1-6,14H2. The van der Waals surface area contributed by atoms with Crippen molar-refractivity contribution in [2.75, 3.05) is 4.53 Å². The molecule has 3 heteroatoms. The second-order valence-electron chi connectivity index (χ2n) is 4.52. The van der Waals surface area contributed by atoms with Gasteiger partial charge in [-0.25, -0.2) is 10.4 Å². The van der Waals surface area contributed by atoms with Crippen LogP contribution in [0, 0.1) is 0 Å². The smallest absolute Gasteiger partial charge is 0.0772 e. The highest BCUT2D eigenvalue weighted by atomic mass is 35.5. The molecule has 2 N–H and O–H groups in total. The van der Waals surface area contributed by atoms with Crippen molar-refractivity contribution in [1.29, 1.82) is 0 Å². The predicted octanol–water partition coefficient (Wildman–Crippen LogP) is 2.50. The number of rotatable bonds is 1. The van der Waals surface area contributed by atoms with E-state index in [1.807, 2.05) is 0 Å². The molecule has 0 spiro atoms. The van der Waals surface area contributed by atoms with Crippen molar-refractivity contribution in [2.45, 2.75) is 38.5 Å². The molecule has 3 rings (SSSR count). The van der Waals surface area contributed by atoms with Gasteiger partial charge in [-0.15, -0.1) is 0 Å². The van der Waals surface area contributed by atoms with Crippen molar-refractivity contribution in [3.8, 4) is 0 Å². The molecule has 80 valence electrons. The first-order valence-electron chi connectivity index (χ1n) is 5.64. The lowest BCUT2D eigenvalue weighted by Gasteiger charge is -2.18. The van der Waals surface area contributed by atoms with Gasteiger partial charge in [-0.05, 0) is 60.8 Å². The summed E-state index contributed by atoms with van der Waals surface area (Å²) in [6, 6.07) is 2.38. The van der Waals surface area contributed by atoms with Crippen molar-refractivity contribution in [1.82, 2.24) is 0 Å². The molecular formula is C12H15ClN2. The molecule has 15 heavy (non-hydrogen) atoms. The first-order chi connectivity index (χ1) is 7.27. The first-order valence-corrected chi connectivity index (χ1v) is 5.98. The number of halogens is 1. The molecule has 0 saturated heterocycles. The van der Waals surface area contributed by atoms with E-state index in [4.69, 9.17) is 17.6 Å². The fraction of sp³-hybridized carbons (Fsp3) is 0.500. The molecule has 0 bridgehead atoms. The lowest BCUT2D eigenvalue weighted by molar-refractivity contribution is 0.895. The molecule has 0 saturated carbocycles. The molecule has 0 aliphatic heterocycles. The van der Waals surface area contributed by atoms with Crippen LogP contribution < -0.4 is 10.4 Å². The van der Waals surface area contributed by atoms with Crippen LogP contribution in [0.2, 0.25) is 0 Å². The first kappa shape index (κ1) is 9.49. The van der Waals surface area contributed by atoms with Crippen LogP contribution in [0.5, 0.6) is 0 Å². The molecule has 0 radical (unpaired) electrons.